The summed E-state index contributed by atoms with van der Waals surface area (Å²) < 4.78 is 0. The Morgan fingerprint density at radius 1 is 1.38 bits per heavy atom. The Bertz CT molecular complexity index is 497. The van der Waals surface area contributed by atoms with Crippen LogP contribution >= 0.6 is 11.3 Å². The predicted molar refractivity (Wildman–Crippen MR) is 82.5 cm³/mol. The van der Waals surface area contributed by atoms with E-state index in [4.69, 9.17) is 0 Å². The number of hydrogen-bond acceptors (Lipinski definition) is 5. The Morgan fingerprint density at radius 2 is 2.14 bits per heavy atom. The number of hydrogen-bond donors (Lipinski definition) is 1. The first-order chi connectivity index (χ1) is 10.1. The second-order valence-electron chi connectivity index (χ2n) is 6.10. The molecule has 1 atom stereocenters. The lowest BCUT2D eigenvalue weighted by molar-refractivity contribution is -0.143. The summed E-state index contributed by atoms with van der Waals surface area (Å²) in [4.78, 5) is 20.5. The summed E-state index contributed by atoms with van der Waals surface area (Å²) in [5.41, 5.74) is 1.17. The number of carboxylic acids is 1. The Hall–Kier alpha value is -0.980. The van der Waals surface area contributed by atoms with Crippen molar-refractivity contribution >= 4 is 17.3 Å². The van der Waals surface area contributed by atoms with E-state index in [1.807, 2.05) is 6.92 Å². The van der Waals surface area contributed by atoms with Crippen LogP contribution in [-0.2, 0) is 11.3 Å². The molecule has 3 rings (SSSR count). The highest BCUT2D eigenvalue weighted by Crippen LogP contribution is 2.26. The van der Waals surface area contributed by atoms with Crippen LogP contribution in [0, 0.1) is 6.92 Å². The largest absolute Gasteiger partial charge is 0.480 e. The van der Waals surface area contributed by atoms with Gasteiger partial charge in [-0.05, 0) is 39.2 Å². The van der Waals surface area contributed by atoms with E-state index >= 15 is 0 Å². The number of rotatable bonds is 4. The summed E-state index contributed by atoms with van der Waals surface area (Å²) in [5, 5.41) is 12.6. The average molecular weight is 309 g/mol. The van der Waals surface area contributed by atoms with Gasteiger partial charge in [0, 0.05) is 31.1 Å². The fourth-order valence-electron chi connectivity index (χ4n) is 3.61. The molecule has 0 spiro atoms. The molecular formula is C15H23N3O2S. The zero-order valence-corrected chi connectivity index (χ0v) is 13.3. The molecule has 0 radical (unpaired) electrons. The van der Waals surface area contributed by atoms with Gasteiger partial charge in [-0.3, -0.25) is 14.6 Å². The van der Waals surface area contributed by atoms with Crippen molar-refractivity contribution in [1.29, 1.82) is 0 Å². The van der Waals surface area contributed by atoms with Crippen molar-refractivity contribution in [3.8, 4) is 0 Å². The lowest BCUT2D eigenvalue weighted by Gasteiger charge is -2.38. The molecule has 0 amide bonds. The van der Waals surface area contributed by atoms with Crippen LogP contribution < -0.4 is 0 Å². The molecule has 1 N–H and O–H groups in total. The fourth-order valence-corrected chi connectivity index (χ4v) is 4.21. The molecule has 2 saturated heterocycles. The van der Waals surface area contributed by atoms with E-state index in [1.165, 1.54) is 5.69 Å². The van der Waals surface area contributed by atoms with Crippen molar-refractivity contribution in [2.75, 3.05) is 19.6 Å². The summed E-state index contributed by atoms with van der Waals surface area (Å²) in [7, 11) is 0. The Balaban J connectivity index is 1.52. The van der Waals surface area contributed by atoms with Crippen molar-refractivity contribution in [2.24, 2.45) is 0 Å². The molecule has 0 bridgehead atoms. The molecular weight excluding hydrogens is 286 g/mol. The summed E-state index contributed by atoms with van der Waals surface area (Å²) in [6, 6.07) is 0.199. The average Bonchev–Trinajstić information content (AvgIpc) is 3.09. The molecule has 6 heteroatoms. The molecule has 21 heavy (non-hydrogen) atoms. The first-order valence-electron chi connectivity index (χ1n) is 7.75. The van der Waals surface area contributed by atoms with Gasteiger partial charge in [0.25, 0.3) is 0 Å². The number of likely N-dealkylation sites (tertiary alicyclic amines) is 2. The highest BCUT2D eigenvalue weighted by Gasteiger charge is 2.36. The topological polar surface area (TPSA) is 56.7 Å². The van der Waals surface area contributed by atoms with Crippen LogP contribution in [0.5, 0.6) is 0 Å². The smallest absolute Gasteiger partial charge is 0.320 e. The summed E-state index contributed by atoms with van der Waals surface area (Å²) in [6.45, 7) is 6.01. The third-order valence-corrected chi connectivity index (χ3v) is 5.48. The van der Waals surface area contributed by atoms with Gasteiger partial charge in [-0.15, -0.1) is 11.3 Å². The van der Waals surface area contributed by atoms with Gasteiger partial charge in [0.15, 0.2) is 0 Å². The van der Waals surface area contributed by atoms with Crippen LogP contribution in [0.3, 0.4) is 0 Å². The second kappa shape index (κ2) is 6.42. The minimum absolute atomic E-state index is 0.247. The van der Waals surface area contributed by atoms with Gasteiger partial charge in [0.05, 0.1) is 10.7 Å². The Labute approximate surface area is 129 Å². The van der Waals surface area contributed by atoms with E-state index in [0.29, 0.717) is 6.04 Å². The van der Waals surface area contributed by atoms with E-state index in [1.54, 1.807) is 11.3 Å². The molecule has 0 aliphatic carbocycles. The Kier molecular flexibility index (Phi) is 4.57. The van der Waals surface area contributed by atoms with Crippen LogP contribution in [0.25, 0.3) is 0 Å². The van der Waals surface area contributed by atoms with Crippen molar-refractivity contribution in [3.63, 3.8) is 0 Å². The van der Waals surface area contributed by atoms with Gasteiger partial charge in [0.2, 0.25) is 0 Å². The van der Waals surface area contributed by atoms with Crippen LogP contribution in [0.2, 0.25) is 0 Å². The third kappa shape index (κ3) is 3.44. The molecule has 0 aromatic carbocycles. The zero-order chi connectivity index (χ0) is 14.8. The molecule has 2 fully saturated rings. The maximum atomic E-state index is 11.3. The number of nitrogens with zero attached hydrogens (tertiary/aromatic N) is 3. The molecule has 3 heterocycles. The number of carbonyl (C=O) groups is 1. The van der Waals surface area contributed by atoms with Crippen molar-refractivity contribution in [3.05, 3.63) is 16.1 Å². The highest BCUT2D eigenvalue weighted by molar-refractivity contribution is 7.09. The monoisotopic (exact) mass is 309 g/mol. The maximum Gasteiger partial charge on any atom is 0.320 e. The maximum absolute atomic E-state index is 11.3. The molecule has 2 aliphatic heterocycles. The van der Waals surface area contributed by atoms with Crippen molar-refractivity contribution < 1.29 is 9.90 Å². The van der Waals surface area contributed by atoms with Gasteiger partial charge in [0.1, 0.15) is 6.04 Å². The van der Waals surface area contributed by atoms with Crippen LogP contribution in [0.1, 0.15) is 36.4 Å². The molecule has 1 aromatic rings. The van der Waals surface area contributed by atoms with Crippen LogP contribution in [0.4, 0.5) is 0 Å². The van der Waals surface area contributed by atoms with Crippen LogP contribution in [0.15, 0.2) is 5.38 Å². The normalized spacial score (nSPS) is 25.5. The molecule has 1 unspecified atom stereocenters. The number of piperidine rings is 1. The standard InChI is InChI=1S/C15H23N3O2S/c1-11-16-12(10-21-11)9-17-7-4-13(5-8-17)18-6-2-3-14(18)15(19)20/h10,13-14H,2-9H2,1H3,(H,19,20). The summed E-state index contributed by atoms with van der Waals surface area (Å²) in [5.74, 6) is -0.645. The number of aromatic nitrogens is 1. The predicted octanol–water partition coefficient (Wildman–Crippen LogP) is 1.96. The number of aryl methyl sites for hydroxylation is 1. The molecule has 116 valence electrons. The van der Waals surface area contributed by atoms with E-state index in [-0.39, 0.29) is 6.04 Å². The Morgan fingerprint density at radius 3 is 2.76 bits per heavy atom. The van der Waals surface area contributed by atoms with E-state index in [2.05, 4.69) is 20.2 Å². The third-order valence-electron chi connectivity index (χ3n) is 4.66. The van der Waals surface area contributed by atoms with E-state index in [9.17, 15) is 9.90 Å². The van der Waals surface area contributed by atoms with Gasteiger partial charge < -0.3 is 5.11 Å². The van der Waals surface area contributed by atoms with Gasteiger partial charge in [-0.2, -0.15) is 0 Å². The number of carboxylic acid groups (broad SMARTS) is 1. The molecule has 1 aromatic heterocycles. The second-order valence-corrected chi connectivity index (χ2v) is 7.16. The summed E-state index contributed by atoms with van der Waals surface area (Å²) in [6.07, 6.45) is 3.99. The van der Waals surface area contributed by atoms with Gasteiger partial charge in [-0.25, -0.2) is 4.98 Å². The van der Waals surface area contributed by atoms with E-state index < -0.39 is 5.97 Å². The molecule has 0 saturated carbocycles. The lowest BCUT2D eigenvalue weighted by atomic mass is 10.0. The quantitative estimate of drug-likeness (QED) is 0.921. The fraction of sp³-hybridized carbons (Fsp3) is 0.733. The highest BCUT2D eigenvalue weighted by atomic mass is 32.1. The van der Waals surface area contributed by atoms with Gasteiger partial charge >= 0.3 is 5.97 Å². The zero-order valence-electron chi connectivity index (χ0n) is 12.5. The van der Waals surface area contributed by atoms with Gasteiger partial charge in [-0.1, -0.05) is 0 Å². The first-order valence-corrected chi connectivity index (χ1v) is 8.63. The summed E-state index contributed by atoms with van der Waals surface area (Å²) >= 11 is 1.71. The lowest BCUT2D eigenvalue weighted by Crippen LogP contribution is -2.48. The molecule has 5 nitrogen and oxygen atoms in total. The molecule has 2 aliphatic rings. The number of thiazole rings is 1. The first kappa shape index (κ1) is 14.9. The van der Waals surface area contributed by atoms with E-state index in [0.717, 1.165) is 56.9 Å². The van der Waals surface area contributed by atoms with Crippen molar-refractivity contribution in [1.82, 2.24) is 14.8 Å². The van der Waals surface area contributed by atoms with Crippen LogP contribution in [-0.4, -0.2) is 57.6 Å². The SMILES string of the molecule is Cc1nc(CN2CCC(N3CCCC3C(=O)O)CC2)cs1. The number of aliphatic carboxylic acids is 1. The minimum atomic E-state index is -0.645. The minimum Gasteiger partial charge on any atom is -0.480 e. The van der Waals surface area contributed by atoms with Crippen molar-refractivity contribution in [2.45, 2.75) is 51.2 Å².